The van der Waals surface area contributed by atoms with Gasteiger partial charge in [0.1, 0.15) is 17.1 Å². The van der Waals surface area contributed by atoms with Crippen LogP contribution in [0.1, 0.15) is 22.3 Å². The first-order valence-electron chi connectivity index (χ1n) is 13.4. The molecule has 0 unspecified atom stereocenters. The average Bonchev–Trinajstić information content (AvgIpc) is 3.49. The third kappa shape index (κ3) is 6.39. The Hall–Kier alpha value is -5.24. The average molecular weight is 574 g/mol. The maximum atomic E-state index is 12.8. The van der Waals surface area contributed by atoms with Crippen molar-refractivity contribution in [2.45, 2.75) is 19.4 Å². The molecule has 14 nitrogen and oxygen atoms in total. The van der Waals surface area contributed by atoms with E-state index in [1.807, 2.05) is 22.8 Å². The number of rotatable bonds is 10. The largest absolute Gasteiger partial charge is 0.491 e. The van der Waals surface area contributed by atoms with Crippen LogP contribution >= 0.6 is 0 Å². The van der Waals surface area contributed by atoms with Gasteiger partial charge in [-0.1, -0.05) is 12.1 Å². The van der Waals surface area contributed by atoms with Crippen LogP contribution in [0.2, 0.25) is 0 Å². The van der Waals surface area contributed by atoms with E-state index in [-0.39, 0.29) is 17.1 Å². The molecule has 0 radical (unpaired) electrons. The van der Waals surface area contributed by atoms with Gasteiger partial charge in [0.05, 0.1) is 19.3 Å². The maximum absolute atomic E-state index is 12.8. The lowest BCUT2D eigenvalue weighted by molar-refractivity contribution is 0.0995. The summed E-state index contributed by atoms with van der Waals surface area (Å²) in [4.78, 5) is 41.6. The topological polar surface area (TPSA) is 194 Å². The summed E-state index contributed by atoms with van der Waals surface area (Å²) in [6.07, 6.45) is 3.36. The van der Waals surface area contributed by atoms with Crippen LogP contribution in [-0.2, 0) is 13.0 Å². The number of nitrogens with zero attached hydrogens (tertiary/aromatic N) is 5. The van der Waals surface area contributed by atoms with Gasteiger partial charge in [0, 0.05) is 37.4 Å². The normalized spacial score (nSPS) is 12.5. The molecule has 1 aliphatic heterocycles. The van der Waals surface area contributed by atoms with Crippen LogP contribution in [0, 0.1) is 0 Å². The Morgan fingerprint density at radius 2 is 1.93 bits per heavy atom. The van der Waals surface area contributed by atoms with Crippen LogP contribution < -0.4 is 41.9 Å². The smallest absolute Gasteiger partial charge is 0.412 e. The molecule has 0 atom stereocenters. The Morgan fingerprint density at radius 1 is 1.14 bits per heavy atom. The first-order chi connectivity index (χ1) is 20.5. The number of carbonyl (C=O) groups excluding carboxylic acids is 2. The summed E-state index contributed by atoms with van der Waals surface area (Å²) in [6.45, 7) is 2.42. The van der Waals surface area contributed by atoms with Crippen molar-refractivity contribution in [3.8, 4) is 17.2 Å². The molecule has 14 heteroatoms. The van der Waals surface area contributed by atoms with Crippen LogP contribution in [0.3, 0.4) is 0 Å². The van der Waals surface area contributed by atoms with Gasteiger partial charge in [0.2, 0.25) is 11.6 Å². The first-order valence-corrected chi connectivity index (χ1v) is 13.4. The van der Waals surface area contributed by atoms with Gasteiger partial charge >= 0.3 is 6.09 Å². The third-order valence-corrected chi connectivity index (χ3v) is 6.44. The molecule has 1 aliphatic rings. The predicted molar refractivity (Wildman–Crippen MR) is 154 cm³/mol. The standard InChI is InChI=1S/C28H31N9O5/c1-40-23-21(41-14-2-11-32-28(39)42-19-5-3-17(4-6-19)9-10-29)8-7-20-22(23)35-27(37-13-12-31-24(20)37)36-25(38)18-15-33-26(30)34-16-18/h3-8,15-16,31H,2,9-14,29H2,1H3,(H,32,39)(H2,30,33,34). The molecule has 2 aromatic heterocycles. The van der Waals surface area contributed by atoms with E-state index in [2.05, 4.69) is 30.6 Å². The summed E-state index contributed by atoms with van der Waals surface area (Å²) in [6, 6.07) is 10.9. The molecule has 3 heterocycles. The molecule has 4 aromatic rings. The number of hydrogen-bond acceptors (Lipinski definition) is 11. The first kappa shape index (κ1) is 28.3. The minimum Gasteiger partial charge on any atom is -0.491 e. The van der Waals surface area contributed by atoms with E-state index in [0.29, 0.717) is 62.0 Å². The van der Waals surface area contributed by atoms with E-state index < -0.39 is 12.0 Å². The van der Waals surface area contributed by atoms with Crippen molar-refractivity contribution < 1.29 is 23.8 Å². The quantitative estimate of drug-likeness (QED) is 0.201. The lowest BCUT2D eigenvalue weighted by Crippen LogP contribution is -2.28. The molecular formula is C28H31N9O5. The second kappa shape index (κ2) is 13.0. The molecule has 42 heavy (non-hydrogen) atoms. The zero-order chi connectivity index (χ0) is 29.5. The molecule has 0 saturated carbocycles. The highest BCUT2D eigenvalue weighted by Gasteiger charge is 2.21. The van der Waals surface area contributed by atoms with Crippen molar-refractivity contribution in [1.29, 1.82) is 0 Å². The van der Waals surface area contributed by atoms with Gasteiger partial charge in [0.15, 0.2) is 11.5 Å². The molecule has 0 bridgehead atoms. The lowest BCUT2D eigenvalue weighted by Gasteiger charge is -2.15. The fourth-order valence-electron chi connectivity index (χ4n) is 4.43. The minimum absolute atomic E-state index is 0.0624. The Balaban J connectivity index is 1.26. The Kier molecular flexibility index (Phi) is 8.72. The number of hydrogen-bond donors (Lipinski definition) is 4. The number of nitrogens with two attached hydrogens (primary N) is 2. The Bertz CT molecular complexity index is 1650. The lowest BCUT2D eigenvalue weighted by atomic mass is 10.1. The van der Waals surface area contributed by atoms with Gasteiger partial charge in [-0.15, -0.1) is 0 Å². The predicted octanol–water partition coefficient (Wildman–Crippen LogP) is 1.64. The van der Waals surface area contributed by atoms with E-state index in [1.165, 1.54) is 19.5 Å². The van der Waals surface area contributed by atoms with Gasteiger partial charge in [-0.05, 0) is 49.2 Å². The van der Waals surface area contributed by atoms with Gasteiger partial charge < -0.3 is 36.3 Å². The van der Waals surface area contributed by atoms with Crippen molar-refractivity contribution in [3.63, 3.8) is 0 Å². The zero-order valence-corrected chi connectivity index (χ0v) is 23.0. The summed E-state index contributed by atoms with van der Waals surface area (Å²) in [7, 11) is 1.52. The Morgan fingerprint density at radius 3 is 2.67 bits per heavy atom. The number of benzene rings is 2. The van der Waals surface area contributed by atoms with E-state index in [1.54, 1.807) is 18.2 Å². The van der Waals surface area contributed by atoms with Crippen molar-refractivity contribution in [3.05, 3.63) is 65.5 Å². The van der Waals surface area contributed by atoms with Crippen LogP contribution in [0.15, 0.2) is 53.8 Å². The second-order valence-electron chi connectivity index (χ2n) is 9.28. The van der Waals surface area contributed by atoms with Crippen molar-refractivity contribution in [1.82, 2.24) is 24.8 Å². The van der Waals surface area contributed by atoms with E-state index >= 15 is 0 Å². The number of anilines is 2. The summed E-state index contributed by atoms with van der Waals surface area (Å²) in [5.74, 6) is 1.59. The number of fused-ring (bicyclic) bond motifs is 3. The molecular weight excluding hydrogens is 542 g/mol. The van der Waals surface area contributed by atoms with Crippen molar-refractivity contribution in [2.24, 2.45) is 10.7 Å². The molecule has 0 saturated heterocycles. The second-order valence-corrected chi connectivity index (χ2v) is 9.28. The molecule has 2 aromatic carbocycles. The number of carbonyl (C=O) groups is 2. The fourth-order valence-corrected chi connectivity index (χ4v) is 4.43. The molecule has 5 rings (SSSR count). The van der Waals surface area contributed by atoms with Crippen LogP contribution in [0.5, 0.6) is 17.2 Å². The van der Waals surface area contributed by atoms with Gasteiger partial charge in [-0.25, -0.2) is 19.7 Å². The Labute approximate surface area is 240 Å². The van der Waals surface area contributed by atoms with Crippen LogP contribution in [0.25, 0.3) is 10.9 Å². The maximum Gasteiger partial charge on any atom is 0.412 e. The highest BCUT2D eigenvalue weighted by molar-refractivity contribution is 5.96. The van der Waals surface area contributed by atoms with Gasteiger partial charge in [-0.3, -0.25) is 9.36 Å². The number of aromatic nitrogens is 4. The summed E-state index contributed by atoms with van der Waals surface area (Å²) < 4.78 is 18.8. The number of ether oxygens (including phenoxy) is 3. The van der Waals surface area contributed by atoms with Crippen molar-refractivity contribution in [2.75, 3.05) is 44.4 Å². The van der Waals surface area contributed by atoms with Crippen LogP contribution in [0.4, 0.5) is 16.6 Å². The fraction of sp³-hybridized carbons (Fsp3) is 0.286. The van der Waals surface area contributed by atoms with Gasteiger partial charge in [-0.2, -0.15) is 4.99 Å². The molecule has 0 spiro atoms. The number of nitrogens with one attached hydrogen (secondary N) is 2. The van der Waals surface area contributed by atoms with Gasteiger partial charge in [0.25, 0.3) is 5.91 Å². The minimum atomic E-state index is -0.552. The molecule has 0 aliphatic carbocycles. The third-order valence-electron chi connectivity index (χ3n) is 6.44. The number of methoxy groups -OCH3 is 1. The number of amides is 2. The summed E-state index contributed by atoms with van der Waals surface area (Å²) in [5.41, 5.74) is 13.0. The monoisotopic (exact) mass is 573 g/mol. The summed E-state index contributed by atoms with van der Waals surface area (Å²) >= 11 is 0. The molecule has 2 amide bonds. The number of nitrogen functional groups attached to an aromatic ring is 1. The van der Waals surface area contributed by atoms with E-state index in [0.717, 1.165) is 23.2 Å². The molecule has 6 N–H and O–H groups in total. The van der Waals surface area contributed by atoms with Crippen LogP contribution in [-0.4, -0.2) is 64.9 Å². The van der Waals surface area contributed by atoms with E-state index in [9.17, 15) is 9.59 Å². The zero-order valence-electron chi connectivity index (χ0n) is 23.0. The molecule has 218 valence electrons. The SMILES string of the molecule is COc1c(OCCCNC(=O)Oc2ccc(CCN)cc2)ccc2c3n(c(=NC(=O)c4cnc(N)nc4)nc12)CCN3. The van der Waals surface area contributed by atoms with E-state index in [4.69, 9.17) is 25.7 Å². The van der Waals surface area contributed by atoms with Crippen molar-refractivity contribution >= 4 is 34.7 Å². The molecule has 0 fully saturated rings. The summed E-state index contributed by atoms with van der Waals surface area (Å²) in [5, 5.41) is 6.83. The highest BCUT2D eigenvalue weighted by Crippen LogP contribution is 2.37. The highest BCUT2D eigenvalue weighted by atomic mass is 16.6.